The van der Waals surface area contributed by atoms with E-state index in [-0.39, 0.29) is 5.82 Å². The molecular formula is C18H20FN5. The highest BCUT2D eigenvalue weighted by atomic mass is 19.1. The normalized spacial score (nSPS) is 23.6. The summed E-state index contributed by atoms with van der Waals surface area (Å²) in [6, 6.07) is 2.33. The molecule has 0 radical (unpaired) electrons. The molecule has 124 valence electrons. The Labute approximate surface area is 139 Å². The molecule has 0 unspecified atom stereocenters. The summed E-state index contributed by atoms with van der Waals surface area (Å²) in [6.45, 7) is 0.754. The summed E-state index contributed by atoms with van der Waals surface area (Å²) in [4.78, 5) is 7.37. The molecule has 6 heteroatoms. The Morgan fingerprint density at radius 3 is 2.92 bits per heavy atom. The van der Waals surface area contributed by atoms with Crippen molar-refractivity contribution in [2.45, 2.75) is 37.6 Å². The van der Waals surface area contributed by atoms with Gasteiger partial charge in [-0.05, 0) is 44.2 Å². The smallest absolute Gasteiger partial charge is 0.165 e. The Kier molecular flexibility index (Phi) is 3.03. The number of rotatable bonds is 4. The van der Waals surface area contributed by atoms with Crippen LogP contribution < -0.4 is 5.73 Å². The third kappa shape index (κ3) is 2.09. The number of nitrogens with one attached hydrogen (secondary N) is 1. The molecule has 5 rings (SSSR count). The van der Waals surface area contributed by atoms with Gasteiger partial charge in [0, 0.05) is 29.3 Å². The Morgan fingerprint density at radius 1 is 1.33 bits per heavy atom. The van der Waals surface area contributed by atoms with E-state index in [1.165, 1.54) is 19.0 Å². The molecule has 2 fully saturated rings. The minimum absolute atomic E-state index is 0.316. The van der Waals surface area contributed by atoms with Gasteiger partial charge in [-0.1, -0.05) is 0 Å². The summed E-state index contributed by atoms with van der Waals surface area (Å²) in [5.74, 6) is 0.823. The van der Waals surface area contributed by atoms with Crippen molar-refractivity contribution in [1.29, 1.82) is 0 Å². The number of pyridine rings is 1. The summed E-state index contributed by atoms with van der Waals surface area (Å²) >= 11 is 0. The molecule has 2 aliphatic carbocycles. The number of aromatic nitrogens is 4. The maximum atomic E-state index is 13.9. The van der Waals surface area contributed by atoms with Gasteiger partial charge in [0.15, 0.2) is 5.82 Å². The average Bonchev–Trinajstić information content (AvgIpc) is 3.09. The first-order chi connectivity index (χ1) is 11.7. The van der Waals surface area contributed by atoms with Crippen molar-refractivity contribution in [3.63, 3.8) is 0 Å². The van der Waals surface area contributed by atoms with Crippen LogP contribution in [0.1, 0.15) is 43.3 Å². The third-order valence-electron chi connectivity index (χ3n) is 5.45. The van der Waals surface area contributed by atoms with Crippen LogP contribution in [0.3, 0.4) is 0 Å². The van der Waals surface area contributed by atoms with Crippen molar-refractivity contribution in [3.8, 4) is 11.3 Å². The van der Waals surface area contributed by atoms with E-state index < -0.39 is 0 Å². The average molecular weight is 325 g/mol. The molecule has 24 heavy (non-hydrogen) atoms. The van der Waals surface area contributed by atoms with Crippen molar-refractivity contribution in [3.05, 3.63) is 36.2 Å². The van der Waals surface area contributed by atoms with Crippen LogP contribution in [-0.2, 0) is 0 Å². The van der Waals surface area contributed by atoms with Crippen molar-refractivity contribution >= 4 is 10.9 Å². The number of halogens is 1. The number of nitrogens with zero attached hydrogens (tertiary/aromatic N) is 3. The number of aromatic amines is 1. The van der Waals surface area contributed by atoms with Crippen LogP contribution >= 0.6 is 0 Å². The highest BCUT2D eigenvalue weighted by Crippen LogP contribution is 2.46. The highest BCUT2D eigenvalue weighted by Gasteiger charge is 2.35. The second-order valence-electron chi connectivity index (χ2n) is 7.13. The van der Waals surface area contributed by atoms with E-state index in [2.05, 4.69) is 20.8 Å². The first kappa shape index (κ1) is 14.2. The van der Waals surface area contributed by atoms with Crippen LogP contribution in [0.4, 0.5) is 4.39 Å². The molecule has 0 aromatic carbocycles. The topological polar surface area (TPSA) is 72.5 Å². The molecule has 3 N–H and O–H groups in total. The first-order valence-corrected chi connectivity index (χ1v) is 8.65. The van der Waals surface area contributed by atoms with Crippen molar-refractivity contribution in [2.75, 3.05) is 6.54 Å². The fourth-order valence-electron chi connectivity index (χ4n) is 3.78. The van der Waals surface area contributed by atoms with E-state index in [9.17, 15) is 4.39 Å². The van der Waals surface area contributed by atoms with Crippen molar-refractivity contribution in [2.24, 2.45) is 11.7 Å². The molecule has 0 spiro atoms. The minimum Gasteiger partial charge on any atom is -0.359 e. The van der Waals surface area contributed by atoms with Crippen LogP contribution in [0, 0.1) is 11.7 Å². The summed E-state index contributed by atoms with van der Waals surface area (Å²) in [5.41, 5.74) is 9.26. The van der Waals surface area contributed by atoms with Gasteiger partial charge in [0.1, 0.15) is 0 Å². The number of nitrogens with two attached hydrogens (primary N) is 1. The summed E-state index contributed by atoms with van der Waals surface area (Å²) < 4.78 is 16.0. The van der Waals surface area contributed by atoms with Gasteiger partial charge < -0.3 is 10.7 Å². The molecule has 3 aromatic heterocycles. The molecule has 3 heterocycles. The van der Waals surface area contributed by atoms with Crippen molar-refractivity contribution in [1.82, 2.24) is 19.7 Å². The Bertz CT molecular complexity index is 901. The zero-order chi connectivity index (χ0) is 16.3. The van der Waals surface area contributed by atoms with E-state index in [4.69, 9.17) is 10.8 Å². The van der Waals surface area contributed by atoms with Crippen LogP contribution in [0.5, 0.6) is 0 Å². The molecule has 0 amide bonds. The largest absolute Gasteiger partial charge is 0.359 e. The number of hydrogen-bond donors (Lipinski definition) is 2. The standard InChI is InChI=1S/C18H20FN5/c19-15-8-22-17(13-3-4-21-18(13)15)14-9-24(12-5-10(6-12)7-20)23-16(14)11-1-2-11/h3-4,8-12,21H,1-2,5-7,20H2/t10-,12-. The van der Waals surface area contributed by atoms with Crippen molar-refractivity contribution < 1.29 is 4.39 Å². The van der Waals surface area contributed by atoms with E-state index in [1.54, 1.807) is 6.20 Å². The molecular weight excluding hydrogens is 305 g/mol. The van der Waals surface area contributed by atoms with Gasteiger partial charge in [-0.2, -0.15) is 5.10 Å². The van der Waals surface area contributed by atoms with Gasteiger partial charge in [-0.25, -0.2) is 4.39 Å². The summed E-state index contributed by atoms with van der Waals surface area (Å²) in [7, 11) is 0. The number of fused-ring (bicyclic) bond motifs is 1. The Hall–Kier alpha value is -2.21. The fraction of sp³-hybridized carbons (Fsp3) is 0.444. The predicted molar refractivity (Wildman–Crippen MR) is 90.1 cm³/mol. The van der Waals surface area contributed by atoms with Crippen LogP contribution in [0.25, 0.3) is 22.2 Å². The maximum absolute atomic E-state index is 13.9. The first-order valence-electron chi connectivity index (χ1n) is 8.65. The highest BCUT2D eigenvalue weighted by molar-refractivity contribution is 5.93. The lowest BCUT2D eigenvalue weighted by Crippen LogP contribution is -2.32. The lowest BCUT2D eigenvalue weighted by atomic mass is 9.80. The van der Waals surface area contributed by atoms with Crippen LogP contribution in [-0.4, -0.2) is 26.3 Å². The van der Waals surface area contributed by atoms with E-state index >= 15 is 0 Å². The molecule has 0 saturated heterocycles. The third-order valence-corrected chi connectivity index (χ3v) is 5.45. The van der Waals surface area contributed by atoms with E-state index in [1.807, 2.05) is 6.07 Å². The Morgan fingerprint density at radius 2 is 2.17 bits per heavy atom. The SMILES string of the molecule is NC[C@H]1C[C@H](n2cc(-c3ncc(F)c4[nH]ccc34)c(C3CC3)n2)C1. The molecule has 2 aliphatic rings. The van der Waals surface area contributed by atoms with E-state index in [0.717, 1.165) is 41.7 Å². The number of H-pyrrole nitrogens is 1. The van der Waals surface area contributed by atoms with Gasteiger partial charge in [0.2, 0.25) is 0 Å². The minimum atomic E-state index is -0.316. The lowest BCUT2D eigenvalue weighted by molar-refractivity contribution is 0.189. The van der Waals surface area contributed by atoms with Gasteiger partial charge in [-0.15, -0.1) is 0 Å². The molecule has 3 aromatic rings. The molecule has 0 aliphatic heterocycles. The summed E-state index contributed by atoms with van der Waals surface area (Å²) in [6.07, 6.45) is 9.72. The zero-order valence-electron chi connectivity index (χ0n) is 13.4. The monoisotopic (exact) mass is 325 g/mol. The van der Waals surface area contributed by atoms with Crippen LogP contribution in [0.2, 0.25) is 0 Å². The second kappa shape index (κ2) is 5.14. The zero-order valence-corrected chi connectivity index (χ0v) is 13.4. The number of hydrogen-bond acceptors (Lipinski definition) is 3. The van der Waals surface area contributed by atoms with Gasteiger partial charge >= 0.3 is 0 Å². The molecule has 2 saturated carbocycles. The van der Waals surface area contributed by atoms with Gasteiger partial charge in [0.05, 0.1) is 29.1 Å². The van der Waals surface area contributed by atoms with Gasteiger partial charge in [-0.3, -0.25) is 9.67 Å². The fourth-order valence-corrected chi connectivity index (χ4v) is 3.78. The molecule has 0 atom stereocenters. The second-order valence-corrected chi connectivity index (χ2v) is 7.13. The van der Waals surface area contributed by atoms with Gasteiger partial charge in [0.25, 0.3) is 0 Å². The predicted octanol–water partition coefficient (Wildman–Crippen LogP) is 3.35. The Balaban J connectivity index is 1.60. The lowest BCUT2D eigenvalue weighted by Gasteiger charge is -2.34. The van der Waals surface area contributed by atoms with Crippen LogP contribution in [0.15, 0.2) is 24.7 Å². The maximum Gasteiger partial charge on any atom is 0.165 e. The quantitative estimate of drug-likeness (QED) is 0.772. The molecule has 0 bridgehead atoms. The summed E-state index contributed by atoms with van der Waals surface area (Å²) in [5, 5.41) is 5.71. The van der Waals surface area contributed by atoms with E-state index in [0.29, 0.717) is 23.4 Å². The molecule has 5 nitrogen and oxygen atoms in total.